The van der Waals surface area contributed by atoms with Crippen LogP contribution in [-0.4, -0.2) is 43.9 Å². The van der Waals surface area contributed by atoms with E-state index in [0.29, 0.717) is 11.4 Å². The number of halogens is 1. The zero-order chi connectivity index (χ0) is 17.3. The van der Waals surface area contributed by atoms with Crippen molar-refractivity contribution in [1.29, 1.82) is 0 Å². The Hall–Kier alpha value is -1.80. The average Bonchev–Trinajstić information content (AvgIpc) is 2.70. The van der Waals surface area contributed by atoms with Crippen LogP contribution in [0.1, 0.15) is 23.7 Å². The number of sulfone groups is 1. The zero-order valence-corrected chi connectivity index (χ0v) is 14.0. The molecule has 0 radical (unpaired) electrons. The number of carbonyl (C=O) groups excluding carboxylic acids is 2. The van der Waals surface area contributed by atoms with E-state index in [-0.39, 0.29) is 29.4 Å². The summed E-state index contributed by atoms with van der Waals surface area (Å²) in [5.41, 5.74) is 4.50. The van der Waals surface area contributed by atoms with E-state index in [0.717, 1.165) is 0 Å². The monoisotopic (exact) mass is 360 g/mol. The first-order chi connectivity index (χ1) is 10.6. The van der Waals surface area contributed by atoms with E-state index >= 15 is 0 Å². The van der Waals surface area contributed by atoms with Gasteiger partial charge in [0.1, 0.15) is 5.75 Å². The Labute approximate surface area is 139 Å². The van der Waals surface area contributed by atoms with Crippen molar-refractivity contribution in [1.82, 2.24) is 5.32 Å². The molecule has 0 saturated carbocycles. The van der Waals surface area contributed by atoms with Crippen molar-refractivity contribution in [3.8, 4) is 5.75 Å². The fourth-order valence-corrected chi connectivity index (χ4v) is 4.71. The fraction of sp³-hybridized carbons (Fsp3) is 0.429. The number of nitrogens with one attached hydrogen (secondary N) is 1. The molecule has 0 aromatic heterocycles. The van der Waals surface area contributed by atoms with E-state index in [2.05, 4.69) is 5.32 Å². The summed E-state index contributed by atoms with van der Waals surface area (Å²) in [6, 6.07) is 4.30. The first kappa shape index (κ1) is 17.6. The molecule has 2 amide bonds. The predicted molar refractivity (Wildman–Crippen MR) is 85.3 cm³/mol. The average molecular weight is 361 g/mol. The lowest BCUT2D eigenvalue weighted by molar-refractivity contribution is -0.124. The highest BCUT2D eigenvalue weighted by Crippen LogP contribution is 2.24. The van der Waals surface area contributed by atoms with Gasteiger partial charge in [0.05, 0.1) is 22.6 Å². The molecule has 0 spiro atoms. The second-order valence-electron chi connectivity index (χ2n) is 5.74. The van der Waals surface area contributed by atoms with Gasteiger partial charge in [0.15, 0.2) is 16.4 Å². The minimum absolute atomic E-state index is 0.0493. The number of primary amides is 1. The van der Waals surface area contributed by atoms with E-state index in [4.69, 9.17) is 22.1 Å². The van der Waals surface area contributed by atoms with Crippen LogP contribution in [0.15, 0.2) is 18.2 Å². The lowest BCUT2D eigenvalue weighted by atomic mass is 10.0. The van der Waals surface area contributed by atoms with Gasteiger partial charge in [-0.1, -0.05) is 11.6 Å². The molecule has 1 aliphatic rings. The Kier molecular flexibility index (Phi) is 4.86. The van der Waals surface area contributed by atoms with Gasteiger partial charge in [-0.2, -0.15) is 0 Å². The molecule has 2 rings (SSSR count). The highest BCUT2D eigenvalue weighted by molar-refractivity contribution is 7.91. The molecule has 9 heteroatoms. The number of nitrogens with two attached hydrogens (primary N) is 1. The third-order valence-electron chi connectivity index (χ3n) is 3.51. The number of hydrogen-bond acceptors (Lipinski definition) is 5. The minimum Gasteiger partial charge on any atom is -0.483 e. The molecule has 7 nitrogen and oxygen atoms in total. The second-order valence-corrected chi connectivity index (χ2v) is 8.36. The maximum absolute atomic E-state index is 12.0. The molecule has 1 aromatic rings. The molecule has 0 bridgehead atoms. The number of benzene rings is 1. The van der Waals surface area contributed by atoms with Crippen molar-refractivity contribution < 1.29 is 22.7 Å². The summed E-state index contributed by atoms with van der Waals surface area (Å²) in [5, 5.41) is 2.97. The van der Waals surface area contributed by atoms with Gasteiger partial charge in [-0.15, -0.1) is 0 Å². The molecule has 0 aliphatic carbocycles. The number of ether oxygens (including phenoxy) is 1. The van der Waals surface area contributed by atoms with Gasteiger partial charge < -0.3 is 15.8 Å². The summed E-state index contributed by atoms with van der Waals surface area (Å²) < 4.78 is 28.3. The van der Waals surface area contributed by atoms with Crippen molar-refractivity contribution in [2.75, 3.05) is 18.1 Å². The summed E-state index contributed by atoms with van der Waals surface area (Å²) in [5.74, 6) is -1.11. The summed E-state index contributed by atoms with van der Waals surface area (Å²) in [4.78, 5) is 23.3. The number of amides is 2. The Morgan fingerprint density at radius 1 is 1.43 bits per heavy atom. The van der Waals surface area contributed by atoms with Gasteiger partial charge in [-0.05, 0) is 31.5 Å². The van der Waals surface area contributed by atoms with Crippen LogP contribution in [0.5, 0.6) is 5.75 Å². The summed E-state index contributed by atoms with van der Waals surface area (Å²) in [7, 11) is -3.12. The quantitative estimate of drug-likeness (QED) is 0.793. The molecule has 23 heavy (non-hydrogen) atoms. The summed E-state index contributed by atoms with van der Waals surface area (Å²) in [6.45, 7) is 1.31. The molecule has 1 aliphatic heterocycles. The highest BCUT2D eigenvalue weighted by atomic mass is 35.5. The molecule has 1 atom stereocenters. The molecule has 3 N–H and O–H groups in total. The van der Waals surface area contributed by atoms with Crippen molar-refractivity contribution >= 4 is 33.3 Å². The summed E-state index contributed by atoms with van der Waals surface area (Å²) in [6.07, 6.45) is 0.356. The van der Waals surface area contributed by atoms with Gasteiger partial charge in [0, 0.05) is 5.02 Å². The topological polar surface area (TPSA) is 116 Å². The Balaban J connectivity index is 1.99. The van der Waals surface area contributed by atoms with E-state index in [9.17, 15) is 18.0 Å². The van der Waals surface area contributed by atoms with Crippen LogP contribution in [0.4, 0.5) is 0 Å². The van der Waals surface area contributed by atoms with Gasteiger partial charge in [0.2, 0.25) is 0 Å². The van der Waals surface area contributed by atoms with Crippen LogP contribution in [0.2, 0.25) is 5.02 Å². The number of carbonyl (C=O) groups is 2. The molecule has 1 aromatic carbocycles. The molecule has 1 fully saturated rings. The van der Waals surface area contributed by atoms with Crippen LogP contribution >= 0.6 is 11.6 Å². The van der Waals surface area contributed by atoms with Crippen molar-refractivity contribution in [2.45, 2.75) is 18.9 Å². The Morgan fingerprint density at radius 2 is 2.13 bits per heavy atom. The lowest BCUT2D eigenvalue weighted by Crippen LogP contribution is -2.48. The second kappa shape index (κ2) is 6.37. The van der Waals surface area contributed by atoms with Crippen molar-refractivity contribution in [2.24, 2.45) is 5.73 Å². The van der Waals surface area contributed by atoms with Gasteiger partial charge in [0.25, 0.3) is 11.8 Å². The van der Waals surface area contributed by atoms with Crippen molar-refractivity contribution in [3.63, 3.8) is 0 Å². The molecular formula is C14H17ClN2O5S. The fourth-order valence-electron chi connectivity index (χ4n) is 2.45. The zero-order valence-electron chi connectivity index (χ0n) is 12.5. The van der Waals surface area contributed by atoms with Gasteiger partial charge in [-0.25, -0.2) is 8.42 Å². The van der Waals surface area contributed by atoms with Crippen LogP contribution in [0.25, 0.3) is 0 Å². The normalized spacial score (nSPS) is 22.5. The van der Waals surface area contributed by atoms with E-state index in [1.54, 1.807) is 6.92 Å². The predicted octanol–water partition coefficient (Wildman–Crippen LogP) is 0.511. The largest absolute Gasteiger partial charge is 0.483 e. The third-order valence-corrected chi connectivity index (χ3v) is 5.65. The lowest BCUT2D eigenvalue weighted by Gasteiger charge is -2.23. The van der Waals surface area contributed by atoms with E-state index < -0.39 is 27.2 Å². The summed E-state index contributed by atoms with van der Waals surface area (Å²) >= 11 is 5.78. The molecule has 0 unspecified atom stereocenters. The Morgan fingerprint density at radius 3 is 2.70 bits per heavy atom. The number of rotatable bonds is 5. The van der Waals surface area contributed by atoms with Crippen molar-refractivity contribution in [3.05, 3.63) is 28.8 Å². The van der Waals surface area contributed by atoms with Gasteiger partial charge in [-0.3, -0.25) is 9.59 Å². The van der Waals surface area contributed by atoms with Crippen LogP contribution in [0, 0.1) is 0 Å². The van der Waals surface area contributed by atoms with Crippen LogP contribution in [0.3, 0.4) is 0 Å². The maximum Gasteiger partial charge on any atom is 0.258 e. The Bertz CT molecular complexity index is 750. The first-order valence-electron chi connectivity index (χ1n) is 6.84. The maximum atomic E-state index is 12.0. The molecule has 1 saturated heterocycles. The molecular weight excluding hydrogens is 344 g/mol. The third kappa shape index (κ3) is 4.59. The van der Waals surface area contributed by atoms with Crippen LogP contribution in [-0.2, 0) is 14.6 Å². The van der Waals surface area contributed by atoms with E-state index in [1.165, 1.54) is 18.2 Å². The van der Waals surface area contributed by atoms with Crippen LogP contribution < -0.4 is 15.8 Å². The first-order valence-corrected chi connectivity index (χ1v) is 9.04. The molecule has 126 valence electrons. The highest BCUT2D eigenvalue weighted by Gasteiger charge is 2.39. The SMILES string of the molecule is C[C@]1(NC(=O)COc2ccc(Cl)cc2C(N)=O)CCS(=O)(=O)C1. The minimum atomic E-state index is -3.12. The van der Waals surface area contributed by atoms with E-state index in [1.807, 2.05) is 0 Å². The molecule has 1 heterocycles. The standard InChI is InChI=1S/C14H17ClN2O5S/c1-14(4-5-23(20,21)8-14)17-12(18)7-22-11-3-2-9(15)6-10(11)13(16)19/h2-3,6H,4-5,7-8H2,1H3,(H2,16,19)(H,17,18)/t14-/m0/s1. The van der Waals surface area contributed by atoms with Gasteiger partial charge >= 0.3 is 0 Å². The smallest absolute Gasteiger partial charge is 0.258 e. The number of hydrogen-bond donors (Lipinski definition) is 2.